The Morgan fingerprint density at radius 2 is 2.15 bits per heavy atom. The lowest BCUT2D eigenvalue weighted by molar-refractivity contribution is -0.385. The van der Waals surface area contributed by atoms with E-state index >= 15 is 0 Å². The van der Waals surface area contributed by atoms with Gasteiger partial charge in [-0.25, -0.2) is 0 Å². The number of nitro benzene ring substituents is 1. The highest BCUT2D eigenvalue weighted by atomic mass is 32.2. The van der Waals surface area contributed by atoms with Crippen LogP contribution in [0, 0.1) is 10.1 Å². The molecule has 0 aliphatic heterocycles. The summed E-state index contributed by atoms with van der Waals surface area (Å²) < 4.78 is 4.98. The standard InChI is InChI=1S/C12H15NO6S/c1-7(14)20-6-10(15)12(16)9-4-3-8(13(17)18)5-11(9)19-2/h3-5,10,12,15-16H,6H2,1-2H3. The van der Waals surface area contributed by atoms with Gasteiger partial charge < -0.3 is 14.9 Å². The van der Waals surface area contributed by atoms with Crippen molar-refractivity contribution in [3.63, 3.8) is 0 Å². The van der Waals surface area contributed by atoms with Crippen molar-refractivity contribution in [2.24, 2.45) is 0 Å². The van der Waals surface area contributed by atoms with Crippen LogP contribution >= 0.6 is 11.8 Å². The average molecular weight is 301 g/mol. The lowest BCUT2D eigenvalue weighted by Crippen LogP contribution is -2.22. The molecule has 0 bridgehead atoms. The molecule has 0 aliphatic rings. The molecule has 2 unspecified atom stereocenters. The molecule has 0 spiro atoms. The number of nitrogens with zero attached hydrogens (tertiary/aromatic N) is 1. The predicted octanol–water partition coefficient (Wildman–Crippen LogP) is 1.28. The minimum atomic E-state index is -1.29. The first-order valence-corrected chi connectivity index (χ1v) is 6.67. The van der Waals surface area contributed by atoms with E-state index in [-0.39, 0.29) is 27.9 Å². The Morgan fingerprint density at radius 1 is 1.50 bits per heavy atom. The van der Waals surface area contributed by atoms with Crippen LogP contribution in [0.2, 0.25) is 0 Å². The van der Waals surface area contributed by atoms with Crippen LogP contribution in [0.25, 0.3) is 0 Å². The zero-order valence-electron chi connectivity index (χ0n) is 11.0. The molecule has 1 aromatic carbocycles. The number of thioether (sulfide) groups is 1. The number of aliphatic hydroxyl groups is 2. The number of carbonyl (C=O) groups is 1. The van der Waals surface area contributed by atoms with Crippen LogP contribution < -0.4 is 4.74 Å². The van der Waals surface area contributed by atoms with Gasteiger partial charge in [-0.3, -0.25) is 14.9 Å². The molecule has 2 N–H and O–H groups in total. The molecule has 0 fully saturated rings. The van der Waals surface area contributed by atoms with E-state index in [0.717, 1.165) is 11.8 Å². The van der Waals surface area contributed by atoms with Gasteiger partial charge in [0, 0.05) is 24.3 Å². The SMILES string of the molecule is COc1cc([N+](=O)[O-])ccc1C(O)C(O)CSC(C)=O. The van der Waals surface area contributed by atoms with Gasteiger partial charge in [0.05, 0.1) is 24.2 Å². The van der Waals surface area contributed by atoms with E-state index in [1.54, 1.807) is 0 Å². The first-order valence-electron chi connectivity index (χ1n) is 5.68. The first kappa shape index (κ1) is 16.4. The van der Waals surface area contributed by atoms with Crippen molar-refractivity contribution in [1.82, 2.24) is 0 Å². The molecule has 0 radical (unpaired) electrons. The van der Waals surface area contributed by atoms with Crippen LogP contribution in [-0.4, -0.2) is 39.2 Å². The van der Waals surface area contributed by atoms with E-state index in [0.29, 0.717) is 0 Å². The number of hydrogen-bond donors (Lipinski definition) is 2. The Labute approximate surface area is 119 Å². The largest absolute Gasteiger partial charge is 0.496 e. The van der Waals surface area contributed by atoms with Crippen LogP contribution in [0.1, 0.15) is 18.6 Å². The molecular formula is C12H15NO6S. The molecule has 0 aromatic heterocycles. The molecule has 0 heterocycles. The molecule has 0 saturated heterocycles. The van der Waals surface area contributed by atoms with E-state index in [4.69, 9.17) is 4.74 Å². The second-order valence-electron chi connectivity index (χ2n) is 4.00. The summed E-state index contributed by atoms with van der Waals surface area (Å²) in [7, 11) is 1.31. The van der Waals surface area contributed by atoms with Gasteiger partial charge in [0.25, 0.3) is 5.69 Å². The van der Waals surface area contributed by atoms with Gasteiger partial charge in [-0.2, -0.15) is 0 Å². The Morgan fingerprint density at radius 3 is 2.65 bits per heavy atom. The molecule has 8 heteroatoms. The van der Waals surface area contributed by atoms with Crippen LogP contribution in [0.4, 0.5) is 5.69 Å². The van der Waals surface area contributed by atoms with E-state index in [1.807, 2.05) is 0 Å². The van der Waals surface area contributed by atoms with Crippen molar-refractivity contribution in [2.45, 2.75) is 19.1 Å². The quantitative estimate of drug-likeness (QED) is 0.601. The van der Waals surface area contributed by atoms with Gasteiger partial charge in [0.1, 0.15) is 11.9 Å². The van der Waals surface area contributed by atoms with Crippen molar-refractivity contribution in [3.8, 4) is 5.75 Å². The van der Waals surface area contributed by atoms with Crippen LogP contribution in [0.15, 0.2) is 18.2 Å². The highest BCUT2D eigenvalue weighted by Crippen LogP contribution is 2.31. The van der Waals surface area contributed by atoms with Crippen LogP contribution in [0.5, 0.6) is 5.75 Å². The Hall–Kier alpha value is -1.64. The highest BCUT2D eigenvalue weighted by Gasteiger charge is 2.24. The third-order valence-corrected chi connectivity index (χ3v) is 3.48. The molecule has 1 aromatic rings. The maximum atomic E-state index is 10.8. The Bertz CT molecular complexity index is 507. The number of hydrogen-bond acceptors (Lipinski definition) is 7. The summed E-state index contributed by atoms with van der Waals surface area (Å²) >= 11 is 0.886. The third-order valence-electron chi connectivity index (χ3n) is 2.57. The number of methoxy groups -OCH3 is 1. The predicted molar refractivity (Wildman–Crippen MR) is 73.8 cm³/mol. The average Bonchev–Trinajstić information content (AvgIpc) is 2.42. The number of non-ortho nitro benzene ring substituents is 1. The number of rotatable bonds is 6. The molecule has 1 rings (SSSR count). The Balaban J connectivity index is 2.94. The van der Waals surface area contributed by atoms with Crippen LogP contribution in [0.3, 0.4) is 0 Å². The van der Waals surface area contributed by atoms with E-state index in [9.17, 15) is 25.1 Å². The maximum Gasteiger partial charge on any atom is 0.273 e. The fraction of sp³-hybridized carbons (Fsp3) is 0.417. The molecule has 0 aliphatic carbocycles. The zero-order chi connectivity index (χ0) is 15.3. The number of carbonyl (C=O) groups excluding carboxylic acids is 1. The zero-order valence-corrected chi connectivity index (χ0v) is 11.8. The lowest BCUT2D eigenvalue weighted by atomic mass is 10.0. The number of nitro groups is 1. The topological polar surface area (TPSA) is 110 Å². The molecule has 110 valence electrons. The molecule has 0 saturated carbocycles. The third kappa shape index (κ3) is 4.19. The van der Waals surface area contributed by atoms with Crippen LogP contribution in [-0.2, 0) is 4.79 Å². The summed E-state index contributed by atoms with van der Waals surface area (Å²) in [5.74, 6) is 0.134. The molecular weight excluding hydrogens is 286 g/mol. The van der Waals surface area contributed by atoms with Crippen molar-refractivity contribution in [2.75, 3.05) is 12.9 Å². The van der Waals surface area contributed by atoms with Gasteiger partial charge in [-0.1, -0.05) is 11.8 Å². The van der Waals surface area contributed by atoms with Gasteiger partial charge in [-0.05, 0) is 6.07 Å². The monoisotopic (exact) mass is 301 g/mol. The van der Waals surface area contributed by atoms with Gasteiger partial charge in [-0.15, -0.1) is 0 Å². The summed E-state index contributed by atoms with van der Waals surface area (Å²) in [5, 5.41) is 30.3. The summed E-state index contributed by atoms with van der Waals surface area (Å²) in [5.41, 5.74) is 0.0557. The number of ether oxygens (including phenoxy) is 1. The second-order valence-corrected chi connectivity index (χ2v) is 5.20. The molecule has 2 atom stereocenters. The summed E-state index contributed by atoms with van der Waals surface area (Å²) in [6, 6.07) is 3.71. The lowest BCUT2D eigenvalue weighted by Gasteiger charge is -2.19. The highest BCUT2D eigenvalue weighted by molar-refractivity contribution is 8.13. The minimum absolute atomic E-state index is 0.0244. The molecule has 20 heavy (non-hydrogen) atoms. The van der Waals surface area contributed by atoms with Gasteiger partial charge in [0.15, 0.2) is 5.12 Å². The second kappa shape index (κ2) is 7.22. The molecule has 0 amide bonds. The van der Waals surface area contributed by atoms with Crippen molar-refractivity contribution in [3.05, 3.63) is 33.9 Å². The number of aliphatic hydroxyl groups excluding tert-OH is 2. The van der Waals surface area contributed by atoms with E-state index in [1.165, 1.54) is 32.2 Å². The smallest absolute Gasteiger partial charge is 0.273 e. The Kier molecular flexibility index (Phi) is 5.93. The van der Waals surface area contributed by atoms with Gasteiger partial charge in [0.2, 0.25) is 0 Å². The van der Waals surface area contributed by atoms with Crippen molar-refractivity contribution < 1.29 is 24.7 Å². The fourth-order valence-corrected chi connectivity index (χ4v) is 2.15. The fourth-order valence-electron chi connectivity index (χ4n) is 1.56. The summed E-state index contributed by atoms with van der Waals surface area (Å²) in [6.07, 6.45) is -2.48. The first-order chi connectivity index (χ1) is 9.36. The maximum absolute atomic E-state index is 10.8. The normalized spacial score (nSPS) is 13.6. The number of benzene rings is 1. The van der Waals surface area contributed by atoms with E-state index in [2.05, 4.69) is 0 Å². The van der Waals surface area contributed by atoms with Gasteiger partial charge >= 0.3 is 0 Å². The summed E-state index contributed by atoms with van der Waals surface area (Å²) in [4.78, 5) is 20.9. The minimum Gasteiger partial charge on any atom is -0.496 e. The summed E-state index contributed by atoms with van der Waals surface area (Å²) in [6.45, 7) is 1.36. The van der Waals surface area contributed by atoms with Crippen molar-refractivity contribution in [1.29, 1.82) is 0 Å². The van der Waals surface area contributed by atoms with E-state index < -0.39 is 17.1 Å². The molecule has 7 nitrogen and oxygen atoms in total. The van der Waals surface area contributed by atoms with Crippen molar-refractivity contribution >= 4 is 22.6 Å².